The van der Waals surface area contributed by atoms with Crippen molar-refractivity contribution in [1.82, 2.24) is 13.9 Å². The van der Waals surface area contributed by atoms with Crippen LogP contribution in [0.1, 0.15) is 50.3 Å². The Balaban J connectivity index is 1.68. The largest absolute Gasteiger partial charge is 0.487 e. The molecule has 1 saturated heterocycles. The molecule has 3 rings (SSSR count). The molecule has 2 heterocycles. The van der Waals surface area contributed by atoms with Crippen LogP contribution in [0, 0.1) is 12.8 Å². The highest BCUT2D eigenvalue weighted by molar-refractivity contribution is 7.86. The highest BCUT2D eigenvalue weighted by atomic mass is 32.2. The number of nitrogens with zero attached hydrogens (tertiary/aromatic N) is 2. The summed E-state index contributed by atoms with van der Waals surface area (Å²) in [6.45, 7) is 6.82. The number of benzene rings is 1. The lowest BCUT2D eigenvalue weighted by atomic mass is 9.88. The second-order valence-electron chi connectivity index (χ2n) is 8.63. The van der Waals surface area contributed by atoms with Gasteiger partial charge in [-0.25, -0.2) is 0 Å². The van der Waals surface area contributed by atoms with Gasteiger partial charge >= 0.3 is 0 Å². The normalized spacial score (nSPS) is 23.1. The lowest BCUT2D eigenvalue weighted by Crippen LogP contribution is -2.48. The van der Waals surface area contributed by atoms with Gasteiger partial charge < -0.3 is 10.1 Å². The van der Waals surface area contributed by atoms with Gasteiger partial charge in [-0.2, -0.15) is 17.0 Å². The molecule has 0 aromatic heterocycles. The Hall–Kier alpha value is -1.64. The summed E-state index contributed by atoms with van der Waals surface area (Å²) in [6.07, 6.45) is 1.77. The van der Waals surface area contributed by atoms with Gasteiger partial charge in [0.05, 0.1) is 6.04 Å². The Morgan fingerprint density at radius 3 is 2.50 bits per heavy atom. The molecular formula is C20H31N3O4S. The summed E-state index contributed by atoms with van der Waals surface area (Å²) in [5.41, 5.74) is 1.77. The van der Waals surface area contributed by atoms with Crippen molar-refractivity contribution in [3.63, 3.8) is 0 Å². The van der Waals surface area contributed by atoms with Crippen LogP contribution in [0.5, 0.6) is 5.75 Å². The fourth-order valence-electron chi connectivity index (χ4n) is 3.96. The van der Waals surface area contributed by atoms with E-state index in [4.69, 9.17) is 4.74 Å². The van der Waals surface area contributed by atoms with E-state index in [1.807, 2.05) is 39.0 Å². The van der Waals surface area contributed by atoms with E-state index in [0.29, 0.717) is 32.4 Å². The van der Waals surface area contributed by atoms with Crippen LogP contribution < -0.4 is 10.1 Å². The SMILES string of the molecule is Cc1ccc2c(c1)OC(C)(C)C[C@H]2NC(=O)C1CCN(S(=O)(=O)N(C)C)CC1. The summed E-state index contributed by atoms with van der Waals surface area (Å²) in [5.74, 6) is 0.651. The number of aryl methyl sites for hydroxylation is 1. The number of rotatable bonds is 4. The van der Waals surface area contributed by atoms with E-state index in [2.05, 4.69) is 5.32 Å². The summed E-state index contributed by atoms with van der Waals surface area (Å²) < 4.78 is 33.3. The van der Waals surface area contributed by atoms with Crippen molar-refractivity contribution in [2.75, 3.05) is 27.2 Å². The predicted molar refractivity (Wildman–Crippen MR) is 108 cm³/mol. The highest BCUT2D eigenvalue weighted by Crippen LogP contribution is 2.40. The smallest absolute Gasteiger partial charge is 0.281 e. The topological polar surface area (TPSA) is 79.0 Å². The minimum atomic E-state index is -3.42. The molecule has 2 aliphatic rings. The van der Waals surface area contributed by atoms with Crippen LogP contribution in [0.15, 0.2) is 18.2 Å². The van der Waals surface area contributed by atoms with Gasteiger partial charge in [0.1, 0.15) is 11.4 Å². The summed E-state index contributed by atoms with van der Waals surface area (Å²) in [4.78, 5) is 12.9. The molecule has 0 saturated carbocycles. The van der Waals surface area contributed by atoms with Crippen molar-refractivity contribution in [3.05, 3.63) is 29.3 Å². The van der Waals surface area contributed by atoms with Gasteiger partial charge in [-0.3, -0.25) is 4.79 Å². The van der Waals surface area contributed by atoms with E-state index < -0.39 is 10.2 Å². The molecule has 0 bridgehead atoms. The van der Waals surface area contributed by atoms with Crippen molar-refractivity contribution in [2.24, 2.45) is 5.92 Å². The highest BCUT2D eigenvalue weighted by Gasteiger charge is 2.37. The van der Waals surface area contributed by atoms with Gasteiger partial charge in [0.15, 0.2) is 0 Å². The number of carbonyl (C=O) groups is 1. The first-order chi connectivity index (χ1) is 13.0. The number of ether oxygens (including phenoxy) is 1. The Morgan fingerprint density at radius 1 is 1.25 bits per heavy atom. The Morgan fingerprint density at radius 2 is 1.89 bits per heavy atom. The average molecular weight is 410 g/mol. The third-order valence-electron chi connectivity index (χ3n) is 5.56. The fourth-order valence-corrected chi connectivity index (χ4v) is 5.09. The summed E-state index contributed by atoms with van der Waals surface area (Å²) in [6, 6.07) is 5.97. The third-order valence-corrected chi connectivity index (χ3v) is 7.50. The fraction of sp³-hybridized carbons (Fsp3) is 0.650. The molecule has 0 aliphatic carbocycles. The molecule has 1 fully saturated rings. The molecule has 2 aliphatic heterocycles. The molecule has 1 aromatic carbocycles. The standard InChI is InChI=1S/C20H31N3O4S/c1-14-6-7-16-17(13-20(2,3)27-18(16)12-14)21-19(24)15-8-10-23(11-9-15)28(25,26)22(4)5/h6-7,12,15,17H,8-11,13H2,1-5H3,(H,21,24)/t17-/m1/s1. The van der Waals surface area contributed by atoms with Crippen LogP contribution >= 0.6 is 0 Å². The van der Waals surface area contributed by atoms with Crippen molar-refractivity contribution < 1.29 is 17.9 Å². The monoisotopic (exact) mass is 409 g/mol. The van der Waals surface area contributed by atoms with Gasteiger partial charge in [0, 0.05) is 45.1 Å². The zero-order valence-electron chi connectivity index (χ0n) is 17.4. The molecule has 1 amide bonds. The van der Waals surface area contributed by atoms with E-state index in [1.54, 1.807) is 0 Å². The van der Waals surface area contributed by atoms with Crippen molar-refractivity contribution in [2.45, 2.75) is 51.7 Å². The third kappa shape index (κ3) is 4.34. The Kier molecular flexibility index (Phi) is 5.76. The predicted octanol–water partition coefficient (Wildman–Crippen LogP) is 2.23. The van der Waals surface area contributed by atoms with Crippen LogP contribution in [0.3, 0.4) is 0 Å². The molecular weight excluding hydrogens is 378 g/mol. The first kappa shape index (κ1) is 21.1. The number of hydrogen-bond acceptors (Lipinski definition) is 4. The van der Waals surface area contributed by atoms with Gasteiger partial charge in [0.2, 0.25) is 5.91 Å². The quantitative estimate of drug-likeness (QED) is 0.827. The molecule has 1 N–H and O–H groups in total. The van der Waals surface area contributed by atoms with Gasteiger partial charge in [-0.05, 0) is 45.2 Å². The second kappa shape index (κ2) is 7.65. The van der Waals surface area contributed by atoms with Crippen molar-refractivity contribution >= 4 is 16.1 Å². The van der Waals surface area contributed by atoms with E-state index in [-0.39, 0.29) is 23.5 Å². The van der Waals surface area contributed by atoms with Crippen molar-refractivity contribution in [3.8, 4) is 5.75 Å². The molecule has 28 heavy (non-hydrogen) atoms. The molecule has 1 aromatic rings. The maximum atomic E-state index is 12.9. The molecule has 7 nitrogen and oxygen atoms in total. The first-order valence-electron chi connectivity index (χ1n) is 9.77. The summed E-state index contributed by atoms with van der Waals surface area (Å²) in [7, 11) is -0.361. The zero-order chi connectivity index (χ0) is 20.7. The number of carbonyl (C=O) groups excluding carboxylic acids is 1. The molecule has 0 unspecified atom stereocenters. The van der Waals surface area contributed by atoms with Gasteiger partial charge in [-0.15, -0.1) is 0 Å². The van der Waals surface area contributed by atoms with Gasteiger partial charge in [-0.1, -0.05) is 12.1 Å². The maximum Gasteiger partial charge on any atom is 0.281 e. The molecule has 1 atom stereocenters. The summed E-state index contributed by atoms with van der Waals surface area (Å²) in [5, 5.41) is 3.20. The number of fused-ring (bicyclic) bond motifs is 1. The molecule has 0 radical (unpaired) electrons. The van der Waals surface area contributed by atoms with Crippen LogP contribution in [0.25, 0.3) is 0 Å². The van der Waals surface area contributed by atoms with Crippen LogP contribution in [0.2, 0.25) is 0 Å². The number of piperidine rings is 1. The van der Waals surface area contributed by atoms with E-state index >= 15 is 0 Å². The lowest BCUT2D eigenvalue weighted by Gasteiger charge is -2.39. The Bertz CT molecular complexity index is 843. The van der Waals surface area contributed by atoms with Gasteiger partial charge in [0.25, 0.3) is 10.2 Å². The molecule has 8 heteroatoms. The molecule has 0 spiro atoms. The number of amides is 1. The number of nitrogens with one attached hydrogen (secondary N) is 1. The molecule has 156 valence electrons. The van der Waals surface area contributed by atoms with E-state index in [1.165, 1.54) is 22.7 Å². The Labute approximate surface area is 168 Å². The number of hydrogen-bond donors (Lipinski definition) is 1. The lowest BCUT2D eigenvalue weighted by molar-refractivity contribution is -0.127. The van der Waals surface area contributed by atoms with E-state index in [9.17, 15) is 13.2 Å². The maximum absolute atomic E-state index is 12.9. The second-order valence-corrected chi connectivity index (χ2v) is 10.8. The minimum absolute atomic E-state index is 0.00359. The minimum Gasteiger partial charge on any atom is -0.487 e. The summed E-state index contributed by atoms with van der Waals surface area (Å²) >= 11 is 0. The van der Waals surface area contributed by atoms with Crippen molar-refractivity contribution in [1.29, 1.82) is 0 Å². The van der Waals surface area contributed by atoms with E-state index in [0.717, 1.165) is 16.9 Å². The zero-order valence-corrected chi connectivity index (χ0v) is 18.2. The first-order valence-corrected chi connectivity index (χ1v) is 11.2. The van der Waals surface area contributed by atoms with Crippen LogP contribution in [0.4, 0.5) is 0 Å². The average Bonchev–Trinajstić information content (AvgIpc) is 2.60. The van der Waals surface area contributed by atoms with Crippen LogP contribution in [-0.4, -0.2) is 55.7 Å². The van der Waals surface area contributed by atoms with Crippen LogP contribution in [-0.2, 0) is 15.0 Å².